The SMILES string of the molecule is CC1CC(CC(=O)O)CS1(=O)=O. The van der Waals surface area contributed by atoms with Gasteiger partial charge in [-0.1, -0.05) is 0 Å². The van der Waals surface area contributed by atoms with Crippen molar-refractivity contribution in [3.63, 3.8) is 0 Å². The summed E-state index contributed by atoms with van der Waals surface area (Å²) in [6.07, 6.45) is 0.470. The Hall–Kier alpha value is -0.580. The summed E-state index contributed by atoms with van der Waals surface area (Å²) in [7, 11) is -2.98. The number of carboxylic acid groups (broad SMARTS) is 1. The number of carboxylic acids is 1. The minimum absolute atomic E-state index is 0.0242. The van der Waals surface area contributed by atoms with Gasteiger partial charge in [-0.3, -0.25) is 4.79 Å². The first kappa shape index (κ1) is 9.51. The Bertz CT molecular complexity index is 280. The van der Waals surface area contributed by atoms with E-state index in [9.17, 15) is 13.2 Å². The summed E-state index contributed by atoms with van der Waals surface area (Å²) in [6.45, 7) is 1.64. The fourth-order valence-electron chi connectivity index (χ4n) is 1.57. The standard InChI is InChI=1S/C7H12O4S/c1-5-2-6(3-7(8)9)4-12(5,10)11/h5-6H,2-4H2,1H3,(H,8,9). The molecule has 2 unspecified atom stereocenters. The van der Waals surface area contributed by atoms with Crippen molar-refractivity contribution in [2.75, 3.05) is 5.75 Å². The van der Waals surface area contributed by atoms with E-state index in [0.717, 1.165) is 0 Å². The van der Waals surface area contributed by atoms with Crippen LogP contribution in [0.1, 0.15) is 19.8 Å². The van der Waals surface area contributed by atoms with Gasteiger partial charge in [-0.15, -0.1) is 0 Å². The van der Waals surface area contributed by atoms with Gasteiger partial charge in [0.15, 0.2) is 9.84 Å². The number of rotatable bonds is 2. The van der Waals surface area contributed by atoms with E-state index in [1.807, 2.05) is 0 Å². The van der Waals surface area contributed by atoms with Crippen LogP contribution in [0, 0.1) is 5.92 Å². The van der Waals surface area contributed by atoms with E-state index in [2.05, 4.69) is 0 Å². The molecule has 0 amide bonds. The van der Waals surface area contributed by atoms with Crippen LogP contribution >= 0.6 is 0 Å². The molecule has 12 heavy (non-hydrogen) atoms. The molecule has 0 bridgehead atoms. The smallest absolute Gasteiger partial charge is 0.303 e. The molecule has 0 spiro atoms. The first-order valence-corrected chi connectivity index (χ1v) is 5.56. The molecule has 1 aliphatic rings. The van der Waals surface area contributed by atoms with Gasteiger partial charge < -0.3 is 5.11 Å². The maximum Gasteiger partial charge on any atom is 0.303 e. The Morgan fingerprint density at radius 3 is 2.50 bits per heavy atom. The summed E-state index contributed by atoms with van der Waals surface area (Å²) in [5, 5.41) is 8.08. The van der Waals surface area contributed by atoms with Crippen molar-refractivity contribution in [1.29, 1.82) is 0 Å². The number of hydrogen-bond acceptors (Lipinski definition) is 3. The zero-order valence-corrected chi connectivity index (χ0v) is 7.67. The van der Waals surface area contributed by atoms with Crippen molar-refractivity contribution in [3.8, 4) is 0 Å². The Morgan fingerprint density at radius 1 is 1.58 bits per heavy atom. The molecule has 0 aromatic rings. The van der Waals surface area contributed by atoms with Gasteiger partial charge in [0.2, 0.25) is 0 Å². The summed E-state index contributed by atoms with van der Waals surface area (Å²) in [4.78, 5) is 10.3. The van der Waals surface area contributed by atoms with E-state index in [1.54, 1.807) is 6.92 Å². The zero-order valence-electron chi connectivity index (χ0n) is 6.86. The van der Waals surface area contributed by atoms with Crippen molar-refractivity contribution in [3.05, 3.63) is 0 Å². The minimum Gasteiger partial charge on any atom is -0.481 e. The van der Waals surface area contributed by atoms with Gasteiger partial charge in [0, 0.05) is 6.42 Å². The summed E-state index contributed by atoms with van der Waals surface area (Å²) in [6, 6.07) is 0. The molecule has 1 fully saturated rings. The average molecular weight is 192 g/mol. The lowest BCUT2D eigenvalue weighted by molar-refractivity contribution is -0.137. The maximum absolute atomic E-state index is 11.2. The Kier molecular flexibility index (Phi) is 2.41. The maximum atomic E-state index is 11.2. The van der Waals surface area contributed by atoms with Gasteiger partial charge in [-0.25, -0.2) is 8.42 Å². The molecule has 2 atom stereocenters. The molecule has 1 aliphatic heterocycles. The highest BCUT2D eigenvalue weighted by atomic mass is 32.2. The third-order valence-corrected chi connectivity index (χ3v) is 4.56. The van der Waals surface area contributed by atoms with Crippen molar-refractivity contribution >= 4 is 15.8 Å². The van der Waals surface area contributed by atoms with Gasteiger partial charge in [-0.05, 0) is 19.3 Å². The quantitative estimate of drug-likeness (QED) is 0.682. The minimum atomic E-state index is -2.98. The fourth-order valence-corrected chi connectivity index (χ4v) is 3.37. The molecule has 1 N–H and O–H groups in total. The van der Waals surface area contributed by atoms with Crippen LogP contribution < -0.4 is 0 Å². The molecule has 4 nitrogen and oxygen atoms in total. The lowest BCUT2D eigenvalue weighted by Crippen LogP contribution is -2.11. The molecule has 0 aliphatic carbocycles. The van der Waals surface area contributed by atoms with E-state index >= 15 is 0 Å². The molecule has 0 saturated carbocycles. The summed E-state index contributed by atoms with van der Waals surface area (Å²) in [5.74, 6) is -1.05. The third-order valence-electron chi connectivity index (χ3n) is 2.21. The van der Waals surface area contributed by atoms with Crippen molar-refractivity contribution in [2.24, 2.45) is 5.92 Å². The number of aliphatic carboxylic acids is 1. The molecule has 0 aromatic carbocycles. The molecular weight excluding hydrogens is 180 g/mol. The topological polar surface area (TPSA) is 71.4 Å². The summed E-state index contributed by atoms with van der Waals surface area (Å²) >= 11 is 0. The monoisotopic (exact) mass is 192 g/mol. The predicted molar refractivity (Wildman–Crippen MR) is 43.6 cm³/mol. The van der Waals surface area contributed by atoms with Crippen LogP contribution in [0.15, 0.2) is 0 Å². The van der Waals surface area contributed by atoms with E-state index in [4.69, 9.17) is 5.11 Å². The van der Waals surface area contributed by atoms with Gasteiger partial charge in [-0.2, -0.15) is 0 Å². The first-order chi connectivity index (χ1) is 5.42. The van der Waals surface area contributed by atoms with Crippen LogP contribution in [0.4, 0.5) is 0 Å². The second-order valence-corrected chi connectivity index (χ2v) is 5.80. The molecule has 1 heterocycles. The van der Waals surface area contributed by atoms with E-state index in [1.165, 1.54) is 0 Å². The second kappa shape index (κ2) is 3.05. The normalized spacial score (nSPS) is 33.4. The molecule has 0 radical (unpaired) electrons. The van der Waals surface area contributed by atoms with Crippen molar-refractivity contribution in [2.45, 2.75) is 25.0 Å². The molecular formula is C7H12O4S. The lowest BCUT2D eigenvalue weighted by Gasteiger charge is -2.01. The van der Waals surface area contributed by atoms with Crippen LogP contribution in [-0.2, 0) is 14.6 Å². The Labute approximate surface area is 71.5 Å². The van der Waals surface area contributed by atoms with Gasteiger partial charge in [0.25, 0.3) is 0 Å². The molecule has 1 saturated heterocycles. The van der Waals surface area contributed by atoms with E-state index in [-0.39, 0.29) is 23.3 Å². The number of carbonyl (C=O) groups is 1. The average Bonchev–Trinajstić information content (AvgIpc) is 2.04. The van der Waals surface area contributed by atoms with Crippen molar-refractivity contribution < 1.29 is 18.3 Å². The van der Waals surface area contributed by atoms with Crippen LogP contribution in [0.2, 0.25) is 0 Å². The second-order valence-electron chi connectivity index (χ2n) is 3.34. The highest BCUT2D eigenvalue weighted by Gasteiger charge is 2.35. The molecule has 0 aromatic heterocycles. The Morgan fingerprint density at radius 2 is 2.17 bits per heavy atom. The third kappa shape index (κ3) is 1.97. The van der Waals surface area contributed by atoms with Crippen LogP contribution in [-0.4, -0.2) is 30.5 Å². The molecule has 5 heteroatoms. The zero-order chi connectivity index (χ0) is 9.35. The largest absolute Gasteiger partial charge is 0.481 e. The van der Waals surface area contributed by atoms with E-state index < -0.39 is 15.8 Å². The Balaban J connectivity index is 2.61. The lowest BCUT2D eigenvalue weighted by atomic mass is 10.0. The first-order valence-electron chi connectivity index (χ1n) is 3.85. The van der Waals surface area contributed by atoms with Crippen LogP contribution in [0.25, 0.3) is 0 Å². The van der Waals surface area contributed by atoms with Gasteiger partial charge >= 0.3 is 5.97 Å². The summed E-state index contributed by atoms with van der Waals surface area (Å²) < 4.78 is 22.3. The van der Waals surface area contributed by atoms with E-state index in [0.29, 0.717) is 6.42 Å². The van der Waals surface area contributed by atoms with Crippen LogP contribution in [0.3, 0.4) is 0 Å². The molecule has 1 rings (SSSR count). The van der Waals surface area contributed by atoms with Crippen LogP contribution in [0.5, 0.6) is 0 Å². The highest BCUT2D eigenvalue weighted by Crippen LogP contribution is 2.27. The predicted octanol–water partition coefficient (Wildman–Crippen LogP) is 0.284. The number of hydrogen-bond donors (Lipinski definition) is 1. The number of sulfone groups is 1. The van der Waals surface area contributed by atoms with Gasteiger partial charge in [0.1, 0.15) is 0 Å². The van der Waals surface area contributed by atoms with Crippen molar-refractivity contribution in [1.82, 2.24) is 0 Å². The highest BCUT2D eigenvalue weighted by molar-refractivity contribution is 7.92. The molecule has 70 valence electrons. The summed E-state index contributed by atoms with van der Waals surface area (Å²) in [5.41, 5.74) is 0. The fraction of sp³-hybridized carbons (Fsp3) is 0.857. The van der Waals surface area contributed by atoms with Gasteiger partial charge in [0.05, 0.1) is 11.0 Å².